The predicted octanol–water partition coefficient (Wildman–Crippen LogP) is 4.37. The van der Waals surface area contributed by atoms with Gasteiger partial charge in [0.2, 0.25) is 0 Å². The molecule has 0 unspecified atom stereocenters. The molecule has 2 aliphatic rings. The van der Waals surface area contributed by atoms with Crippen LogP contribution in [-0.2, 0) is 0 Å². The van der Waals surface area contributed by atoms with Gasteiger partial charge >= 0.3 is 0 Å². The highest BCUT2D eigenvalue weighted by atomic mass is 16.1. The third-order valence-corrected chi connectivity index (χ3v) is 6.29. The molecule has 0 bridgehead atoms. The van der Waals surface area contributed by atoms with E-state index in [2.05, 4.69) is 17.1 Å². The fourth-order valence-electron chi connectivity index (χ4n) is 4.94. The van der Waals surface area contributed by atoms with E-state index in [0.717, 1.165) is 11.3 Å². The smallest absolute Gasteiger partial charge is 0.185 e. The van der Waals surface area contributed by atoms with Crippen molar-refractivity contribution in [1.29, 1.82) is 10.5 Å². The van der Waals surface area contributed by atoms with Crippen molar-refractivity contribution in [2.24, 2.45) is 5.41 Å². The van der Waals surface area contributed by atoms with Gasteiger partial charge in [0.05, 0.1) is 18.2 Å². The fourth-order valence-corrected chi connectivity index (χ4v) is 4.94. The number of nitrogens with zero attached hydrogens (tertiary/aromatic N) is 4. The van der Waals surface area contributed by atoms with Crippen LogP contribution in [0.5, 0.6) is 0 Å². The average Bonchev–Trinajstić information content (AvgIpc) is 3.15. The molecule has 0 aliphatic carbocycles. The topological polar surface area (TPSA) is 80.8 Å². The first kappa shape index (κ1) is 18.8. The number of carbonyl (C=O) groups excluding carboxylic acids is 1. The number of benzene rings is 2. The van der Waals surface area contributed by atoms with Crippen LogP contribution < -0.4 is 4.90 Å². The van der Waals surface area contributed by atoms with Crippen LogP contribution in [0.3, 0.4) is 0 Å². The van der Waals surface area contributed by atoms with E-state index in [1.54, 1.807) is 30.6 Å². The van der Waals surface area contributed by atoms with Gasteiger partial charge in [-0.2, -0.15) is 10.5 Å². The number of carbonyl (C=O) groups is 1. The molecule has 3 atom stereocenters. The number of ketones is 1. The Kier molecular flexibility index (Phi) is 4.38. The second kappa shape index (κ2) is 7.23. The van der Waals surface area contributed by atoms with Crippen molar-refractivity contribution in [3.63, 3.8) is 0 Å². The van der Waals surface area contributed by atoms with E-state index in [1.807, 2.05) is 65.6 Å². The summed E-state index contributed by atoms with van der Waals surface area (Å²) in [6.07, 6.45) is 7.13. The Balaban J connectivity index is 1.79. The molecule has 148 valence electrons. The Labute approximate surface area is 180 Å². The van der Waals surface area contributed by atoms with Crippen molar-refractivity contribution in [3.05, 3.63) is 102 Å². The van der Waals surface area contributed by atoms with Gasteiger partial charge in [0.1, 0.15) is 6.04 Å². The summed E-state index contributed by atoms with van der Waals surface area (Å²) in [4.78, 5) is 20.1. The molecule has 1 fully saturated rings. The minimum atomic E-state index is -1.44. The lowest BCUT2D eigenvalue weighted by Crippen LogP contribution is -2.44. The van der Waals surface area contributed by atoms with Crippen molar-refractivity contribution >= 4 is 17.5 Å². The number of fused-ring (bicyclic) bond motifs is 3. The summed E-state index contributed by atoms with van der Waals surface area (Å²) < 4.78 is 0. The van der Waals surface area contributed by atoms with Gasteiger partial charge in [-0.05, 0) is 23.3 Å². The SMILES string of the molecule is N#CC1(C#N)[C@H](c2cccnc2)[C@H](C(=O)c2ccccc2)N2c3ccccc3C=C[C@H]21. The average molecular weight is 402 g/mol. The number of nitriles is 2. The molecule has 1 aromatic heterocycles. The molecule has 2 aliphatic heterocycles. The zero-order valence-electron chi connectivity index (χ0n) is 16.6. The number of hydrogen-bond acceptors (Lipinski definition) is 5. The van der Waals surface area contributed by atoms with Crippen LogP contribution in [-0.4, -0.2) is 22.9 Å². The standard InChI is InChI=1S/C26H18N4O/c27-16-26(17-28)22-13-12-18-7-4-5-11-21(18)30(22)24(23(26)20-10-6-14-29-15-20)25(31)19-8-2-1-3-9-19/h1-15,22-24H/t22-,23+,24+/m0/s1. The molecule has 2 aromatic carbocycles. The highest BCUT2D eigenvalue weighted by Crippen LogP contribution is 2.55. The molecule has 31 heavy (non-hydrogen) atoms. The third-order valence-electron chi connectivity index (χ3n) is 6.29. The number of hydrogen-bond donors (Lipinski definition) is 0. The summed E-state index contributed by atoms with van der Waals surface area (Å²) in [5.41, 5.74) is 1.63. The fraction of sp³-hybridized carbons (Fsp3) is 0.154. The summed E-state index contributed by atoms with van der Waals surface area (Å²) in [5.74, 6) is -0.776. The first-order chi connectivity index (χ1) is 15.2. The number of aromatic nitrogens is 1. The van der Waals surface area contributed by atoms with Crippen LogP contribution in [0.4, 0.5) is 5.69 Å². The van der Waals surface area contributed by atoms with E-state index in [0.29, 0.717) is 11.1 Å². The van der Waals surface area contributed by atoms with Crippen molar-refractivity contribution < 1.29 is 4.79 Å². The van der Waals surface area contributed by atoms with E-state index < -0.39 is 23.4 Å². The second-order valence-electron chi connectivity index (χ2n) is 7.80. The molecular weight excluding hydrogens is 384 g/mol. The lowest BCUT2D eigenvalue weighted by molar-refractivity contribution is 0.0951. The summed E-state index contributed by atoms with van der Waals surface area (Å²) in [7, 11) is 0. The maximum atomic E-state index is 13.9. The van der Waals surface area contributed by atoms with Gasteiger partial charge in [-0.3, -0.25) is 9.78 Å². The van der Waals surface area contributed by atoms with Crippen molar-refractivity contribution in [2.45, 2.75) is 18.0 Å². The monoisotopic (exact) mass is 402 g/mol. The van der Waals surface area contributed by atoms with Gasteiger partial charge in [0.15, 0.2) is 11.2 Å². The lowest BCUT2D eigenvalue weighted by Gasteiger charge is -2.35. The first-order valence-corrected chi connectivity index (χ1v) is 10.1. The molecule has 0 saturated carbocycles. The maximum absolute atomic E-state index is 13.9. The minimum absolute atomic E-state index is 0.114. The number of pyridine rings is 1. The molecule has 0 spiro atoms. The van der Waals surface area contributed by atoms with E-state index >= 15 is 0 Å². The Morgan fingerprint density at radius 3 is 2.42 bits per heavy atom. The van der Waals surface area contributed by atoms with Crippen molar-refractivity contribution in [2.75, 3.05) is 4.90 Å². The second-order valence-corrected chi connectivity index (χ2v) is 7.80. The van der Waals surface area contributed by atoms with Crippen LogP contribution in [0.25, 0.3) is 6.08 Å². The summed E-state index contributed by atoms with van der Waals surface area (Å²) in [6.45, 7) is 0. The third kappa shape index (κ3) is 2.68. The Morgan fingerprint density at radius 1 is 0.968 bits per heavy atom. The molecule has 0 N–H and O–H groups in total. The largest absolute Gasteiger partial charge is 0.351 e. The van der Waals surface area contributed by atoms with Gasteiger partial charge in [0, 0.05) is 29.6 Å². The van der Waals surface area contributed by atoms with Gasteiger partial charge in [-0.15, -0.1) is 0 Å². The molecule has 5 nitrogen and oxygen atoms in total. The van der Waals surface area contributed by atoms with Crippen LogP contribution >= 0.6 is 0 Å². The molecule has 0 amide bonds. The Hall–Kier alpha value is -4.22. The van der Waals surface area contributed by atoms with Crippen LogP contribution in [0, 0.1) is 28.1 Å². The van der Waals surface area contributed by atoms with Gasteiger partial charge < -0.3 is 4.90 Å². The number of anilines is 1. The Bertz CT molecular complexity index is 1240. The molecule has 5 heteroatoms. The number of rotatable bonds is 3. The first-order valence-electron chi connectivity index (χ1n) is 10.1. The molecule has 0 radical (unpaired) electrons. The number of para-hydroxylation sites is 1. The summed E-state index contributed by atoms with van der Waals surface area (Å²) >= 11 is 0. The highest BCUT2D eigenvalue weighted by molar-refractivity contribution is 6.04. The maximum Gasteiger partial charge on any atom is 0.185 e. The minimum Gasteiger partial charge on any atom is -0.351 e. The molecule has 5 rings (SSSR count). The van der Waals surface area contributed by atoms with Crippen molar-refractivity contribution in [1.82, 2.24) is 4.98 Å². The van der Waals surface area contributed by atoms with Crippen LogP contribution in [0.1, 0.15) is 27.4 Å². The molecule has 1 saturated heterocycles. The van der Waals surface area contributed by atoms with E-state index in [1.165, 1.54) is 0 Å². The zero-order valence-corrected chi connectivity index (χ0v) is 16.6. The van der Waals surface area contributed by atoms with E-state index in [4.69, 9.17) is 0 Å². The van der Waals surface area contributed by atoms with Crippen LogP contribution in [0.15, 0.2) is 85.2 Å². The van der Waals surface area contributed by atoms with Gasteiger partial charge in [0.25, 0.3) is 0 Å². The van der Waals surface area contributed by atoms with Gasteiger partial charge in [-0.25, -0.2) is 0 Å². The lowest BCUT2D eigenvalue weighted by atomic mass is 9.69. The van der Waals surface area contributed by atoms with E-state index in [-0.39, 0.29) is 5.78 Å². The summed E-state index contributed by atoms with van der Waals surface area (Å²) in [6, 6.07) is 23.8. The van der Waals surface area contributed by atoms with Gasteiger partial charge in [-0.1, -0.05) is 66.7 Å². The highest BCUT2D eigenvalue weighted by Gasteiger charge is 2.63. The Morgan fingerprint density at radius 2 is 1.71 bits per heavy atom. The van der Waals surface area contributed by atoms with Crippen LogP contribution in [0.2, 0.25) is 0 Å². The van der Waals surface area contributed by atoms with E-state index in [9.17, 15) is 15.3 Å². The summed E-state index contributed by atoms with van der Waals surface area (Å²) in [5, 5.41) is 20.7. The molecule has 3 aromatic rings. The normalized spacial score (nSPS) is 22.6. The molecule has 3 heterocycles. The zero-order chi connectivity index (χ0) is 21.4. The quantitative estimate of drug-likeness (QED) is 0.608. The van der Waals surface area contributed by atoms with Crippen molar-refractivity contribution in [3.8, 4) is 12.1 Å². The molecular formula is C26H18N4O. The number of Topliss-reactive ketones (excluding diaryl/α,β-unsaturated/α-hetero) is 1. The predicted molar refractivity (Wildman–Crippen MR) is 117 cm³/mol.